The lowest BCUT2D eigenvalue weighted by molar-refractivity contribution is -0.169. The van der Waals surface area contributed by atoms with Gasteiger partial charge in [0.2, 0.25) is 0 Å². The lowest BCUT2D eigenvalue weighted by Crippen LogP contribution is -2.34. The highest BCUT2D eigenvalue weighted by Gasteiger charge is 2.38. The van der Waals surface area contributed by atoms with Gasteiger partial charge in [0.05, 0.1) is 22.2 Å². The van der Waals surface area contributed by atoms with Crippen molar-refractivity contribution in [3.05, 3.63) is 65.5 Å². The number of benzene rings is 2. The van der Waals surface area contributed by atoms with Crippen LogP contribution in [0.15, 0.2) is 48.5 Å². The molecule has 7 heteroatoms. The first-order valence-corrected chi connectivity index (χ1v) is 7.67. The van der Waals surface area contributed by atoms with E-state index in [-0.39, 0.29) is 17.7 Å². The monoisotopic (exact) mass is 335 g/mol. The van der Waals surface area contributed by atoms with Gasteiger partial charge in [-0.15, -0.1) is 0 Å². The molecule has 0 atom stereocenters. The van der Waals surface area contributed by atoms with Crippen LogP contribution in [0.5, 0.6) is 0 Å². The molecular formula is C18H13N3O4. The summed E-state index contributed by atoms with van der Waals surface area (Å²) in [5, 5.41) is 0.515. The van der Waals surface area contributed by atoms with Gasteiger partial charge in [0.15, 0.2) is 0 Å². The minimum atomic E-state index is -0.722. The summed E-state index contributed by atoms with van der Waals surface area (Å²) in [6.45, 7) is 1.62. The number of rotatable bonds is 3. The minimum Gasteiger partial charge on any atom is -0.328 e. The SMILES string of the molecule is Cc1nc2ccccc2n1CC(=O)ON1C(=O)c2ccccc2C1=O. The van der Waals surface area contributed by atoms with Crippen molar-refractivity contribution in [1.82, 2.24) is 14.6 Å². The first-order valence-electron chi connectivity index (χ1n) is 7.67. The Bertz CT molecular complexity index is 1000. The van der Waals surface area contributed by atoms with Crippen LogP contribution in [0, 0.1) is 6.92 Å². The second-order valence-electron chi connectivity index (χ2n) is 5.65. The molecule has 25 heavy (non-hydrogen) atoms. The van der Waals surface area contributed by atoms with Crippen LogP contribution in [0.3, 0.4) is 0 Å². The van der Waals surface area contributed by atoms with Crippen LogP contribution in [0.25, 0.3) is 11.0 Å². The summed E-state index contributed by atoms with van der Waals surface area (Å²) in [6.07, 6.45) is 0. The Morgan fingerprint density at radius 3 is 2.28 bits per heavy atom. The third-order valence-electron chi connectivity index (χ3n) is 4.08. The van der Waals surface area contributed by atoms with Gasteiger partial charge in [-0.3, -0.25) is 9.59 Å². The summed E-state index contributed by atoms with van der Waals surface area (Å²) in [7, 11) is 0. The van der Waals surface area contributed by atoms with Gasteiger partial charge in [0.1, 0.15) is 12.4 Å². The van der Waals surface area contributed by atoms with E-state index in [1.54, 1.807) is 23.6 Å². The number of aryl methyl sites for hydroxylation is 1. The Hall–Kier alpha value is -3.48. The maximum absolute atomic E-state index is 12.3. The summed E-state index contributed by atoms with van der Waals surface area (Å²) < 4.78 is 1.68. The molecule has 0 radical (unpaired) electrons. The average Bonchev–Trinajstić information content (AvgIpc) is 3.05. The highest BCUT2D eigenvalue weighted by molar-refractivity contribution is 6.20. The lowest BCUT2D eigenvalue weighted by Gasteiger charge is -2.13. The predicted octanol–water partition coefficient (Wildman–Crippen LogP) is 2.10. The molecule has 2 aromatic carbocycles. The fourth-order valence-electron chi connectivity index (χ4n) is 2.91. The molecule has 0 fully saturated rings. The number of hydroxylamine groups is 2. The summed E-state index contributed by atoms with van der Waals surface area (Å²) in [5.41, 5.74) is 1.99. The fourth-order valence-corrected chi connectivity index (χ4v) is 2.91. The van der Waals surface area contributed by atoms with Crippen LogP contribution >= 0.6 is 0 Å². The summed E-state index contributed by atoms with van der Waals surface area (Å²) in [5.74, 6) is -1.36. The van der Waals surface area contributed by atoms with Crippen molar-refractivity contribution < 1.29 is 19.2 Å². The van der Waals surface area contributed by atoms with Crippen LogP contribution in [0.1, 0.15) is 26.5 Å². The maximum Gasteiger partial charge on any atom is 0.352 e. The van der Waals surface area contributed by atoms with E-state index in [2.05, 4.69) is 4.98 Å². The summed E-state index contributed by atoms with van der Waals surface area (Å²) in [6, 6.07) is 13.7. The van der Waals surface area contributed by atoms with Gasteiger partial charge in [-0.2, -0.15) is 0 Å². The van der Waals surface area contributed by atoms with Gasteiger partial charge in [-0.1, -0.05) is 29.3 Å². The number of imide groups is 1. The molecule has 1 aliphatic heterocycles. The number of hydrogen-bond acceptors (Lipinski definition) is 5. The van der Waals surface area contributed by atoms with E-state index in [1.807, 2.05) is 24.3 Å². The van der Waals surface area contributed by atoms with E-state index in [9.17, 15) is 14.4 Å². The van der Waals surface area contributed by atoms with Crippen molar-refractivity contribution in [1.29, 1.82) is 0 Å². The number of fused-ring (bicyclic) bond motifs is 2. The van der Waals surface area contributed by atoms with Crippen molar-refractivity contribution in [2.24, 2.45) is 0 Å². The highest BCUT2D eigenvalue weighted by atomic mass is 16.7. The number of aromatic nitrogens is 2. The Morgan fingerprint density at radius 2 is 1.60 bits per heavy atom. The van der Waals surface area contributed by atoms with Crippen LogP contribution in [0.4, 0.5) is 0 Å². The molecule has 4 rings (SSSR count). The molecule has 2 amide bonds. The number of hydrogen-bond donors (Lipinski definition) is 0. The van der Waals surface area contributed by atoms with Gasteiger partial charge in [-0.05, 0) is 31.2 Å². The van der Waals surface area contributed by atoms with Crippen LogP contribution in [0.2, 0.25) is 0 Å². The van der Waals surface area contributed by atoms with Gasteiger partial charge >= 0.3 is 5.97 Å². The van der Waals surface area contributed by atoms with E-state index >= 15 is 0 Å². The molecule has 0 saturated heterocycles. The molecule has 0 unspecified atom stereocenters. The van der Waals surface area contributed by atoms with Crippen molar-refractivity contribution >= 4 is 28.8 Å². The van der Waals surface area contributed by atoms with Crippen LogP contribution < -0.4 is 0 Å². The Balaban J connectivity index is 1.56. The first-order chi connectivity index (χ1) is 12.1. The molecular weight excluding hydrogens is 322 g/mol. The molecule has 0 saturated carbocycles. The molecule has 0 N–H and O–H groups in total. The molecule has 124 valence electrons. The van der Waals surface area contributed by atoms with E-state index in [4.69, 9.17) is 4.84 Å². The second kappa shape index (κ2) is 5.55. The third-order valence-corrected chi connectivity index (χ3v) is 4.08. The van der Waals surface area contributed by atoms with Crippen molar-refractivity contribution in [3.63, 3.8) is 0 Å². The summed E-state index contributed by atoms with van der Waals surface area (Å²) in [4.78, 5) is 46.2. The molecule has 0 spiro atoms. The number of carbonyl (C=O) groups excluding carboxylic acids is 3. The smallest absolute Gasteiger partial charge is 0.328 e. The normalized spacial score (nSPS) is 13.4. The van der Waals surface area contributed by atoms with Gasteiger partial charge in [0.25, 0.3) is 11.8 Å². The zero-order valence-electron chi connectivity index (χ0n) is 13.3. The number of nitrogens with zero attached hydrogens (tertiary/aromatic N) is 3. The molecule has 0 aliphatic carbocycles. The molecule has 3 aromatic rings. The van der Waals surface area contributed by atoms with E-state index in [1.165, 1.54) is 12.1 Å². The van der Waals surface area contributed by atoms with Crippen LogP contribution in [-0.2, 0) is 16.2 Å². The molecule has 0 bridgehead atoms. The highest BCUT2D eigenvalue weighted by Crippen LogP contribution is 2.23. The Morgan fingerprint density at radius 1 is 1.00 bits per heavy atom. The Kier molecular flexibility index (Phi) is 3.35. The molecule has 1 aliphatic rings. The molecule has 7 nitrogen and oxygen atoms in total. The second-order valence-corrected chi connectivity index (χ2v) is 5.65. The number of imidazole rings is 1. The fraction of sp³-hybridized carbons (Fsp3) is 0.111. The largest absolute Gasteiger partial charge is 0.352 e. The van der Waals surface area contributed by atoms with Crippen molar-refractivity contribution in [2.45, 2.75) is 13.5 Å². The van der Waals surface area contributed by atoms with Gasteiger partial charge in [-0.25, -0.2) is 9.78 Å². The van der Waals surface area contributed by atoms with Crippen molar-refractivity contribution in [2.75, 3.05) is 0 Å². The zero-order chi connectivity index (χ0) is 17.6. The summed E-state index contributed by atoms with van der Waals surface area (Å²) >= 11 is 0. The molecule has 1 aromatic heterocycles. The topological polar surface area (TPSA) is 81.5 Å². The average molecular weight is 335 g/mol. The molecule has 2 heterocycles. The van der Waals surface area contributed by atoms with Gasteiger partial charge in [0, 0.05) is 0 Å². The van der Waals surface area contributed by atoms with E-state index < -0.39 is 17.8 Å². The predicted molar refractivity (Wildman–Crippen MR) is 87.5 cm³/mol. The van der Waals surface area contributed by atoms with Crippen LogP contribution in [-0.4, -0.2) is 32.4 Å². The zero-order valence-corrected chi connectivity index (χ0v) is 13.3. The quantitative estimate of drug-likeness (QED) is 0.685. The van der Waals surface area contributed by atoms with E-state index in [0.29, 0.717) is 10.9 Å². The number of carbonyl (C=O) groups is 3. The third kappa shape index (κ3) is 2.37. The lowest BCUT2D eigenvalue weighted by atomic mass is 10.1. The van der Waals surface area contributed by atoms with E-state index in [0.717, 1.165) is 11.0 Å². The Labute approximate surface area is 142 Å². The standard InChI is InChI=1S/C18H13N3O4/c1-11-19-14-8-4-5-9-15(14)20(11)10-16(22)25-21-17(23)12-6-2-3-7-13(12)18(21)24/h2-9H,10H2,1H3. The number of amides is 2. The van der Waals surface area contributed by atoms with Gasteiger partial charge < -0.3 is 9.40 Å². The number of para-hydroxylation sites is 2. The maximum atomic E-state index is 12.3. The minimum absolute atomic E-state index is 0.153. The van der Waals surface area contributed by atoms with Crippen molar-refractivity contribution in [3.8, 4) is 0 Å². The first kappa shape index (κ1) is 15.1.